The van der Waals surface area contributed by atoms with Gasteiger partial charge in [-0.3, -0.25) is 14.4 Å². The number of nitrogens with zero attached hydrogens (tertiary/aromatic N) is 3. The van der Waals surface area contributed by atoms with Gasteiger partial charge < -0.3 is 14.6 Å². The average molecular weight is 512 g/mol. The molecule has 1 aromatic carbocycles. The highest BCUT2D eigenvalue weighted by atomic mass is 32.1. The molecule has 0 aliphatic carbocycles. The molecule has 0 saturated carbocycles. The summed E-state index contributed by atoms with van der Waals surface area (Å²) in [6, 6.07) is 13.5. The summed E-state index contributed by atoms with van der Waals surface area (Å²) >= 11 is 1.32. The molecule has 1 amide bonds. The topological polar surface area (TPSA) is 111 Å². The Morgan fingerprint density at radius 2 is 1.89 bits per heavy atom. The third-order valence-corrected chi connectivity index (χ3v) is 6.94. The Balaban J connectivity index is 1.82. The first-order valence-corrected chi connectivity index (χ1v) is 12.5. The van der Waals surface area contributed by atoms with E-state index < -0.39 is 41.1 Å². The number of carboxylic acids is 1. The lowest BCUT2D eigenvalue weighted by atomic mass is 9.90. The molecule has 36 heavy (non-hydrogen) atoms. The third kappa shape index (κ3) is 5.28. The zero-order valence-corrected chi connectivity index (χ0v) is 21.2. The minimum atomic E-state index is -1.66. The molecule has 3 atom stereocenters. The molecule has 1 aliphatic rings. The Hall–Kier alpha value is -3.66. The van der Waals surface area contributed by atoms with E-state index in [9.17, 15) is 19.5 Å². The standard InChI is InChI=1S/C26H29N3O6S/c1-25(2,3)35-23(32)26(17-28-13-8-12-27-28)15-19(22(30)31)21(20-11-7-14-36-20)29(26)24(33)34-16-18-9-5-4-6-10-18/h4-14,19,21H,15-17H2,1-3H3,(H,30,31)/t19-,21+,26+/m1/s1. The summed E-state index contributed by atoms with van der Waals surface area (Å²) in [4.78, 5) is 42.1. The van der Waals surface area contributed by atoms with Gasteiger partial charge in [0.05, 0.1) is 18.5 Å². The molecule has 1 aliphatic heterocycles. The predicted molar refractivity (Wildman–Crippen MR) is 132 cm³/mol. The van der Waals surface area contributed by atoms with Crippen LogP contribution >= 0.6 is 11.3 Å². The molecule has 3 aromatic rings. The highest BCUT2D eigenvalue weighted by molar-refractivity contribution is 7.10. The molecule has 0 spiro atoms. The van der Waals surface area contributed by atoms with Crippen LogP contribution < -0.4 is 0 Å². The summed E-state index contributed by atoms with van der Waals surface area (Å²) in [5.41, 5.74) is -1.76. The van der Waals surface area contributed by atoms with Crippen molar-refractivity contribution in [3.8, 4) is 0 Å². The molecule has 3 heterocycles. The van der Waals surface area contributed by atoms with Gasteiger partial charge in [-0.05, 0) is 50.3 Å². The summed E-state index contributed by atoms with van der Waals surface area (Å²) < 4.78 is 13.0. The maximum atomic E-state index is 13.9. The van der Waals surface area contributed by atoms with Gasteiger partial charge in [-0.2, -0.15) is 5.10 Å². The zero-order chi connectivity index (χ0) is 25.9. The highest BCUT2D eigenvalue weighted by Gasteiger charge is 2.63. The van der Waals surface area contributed by atoms with E-state index in [-0.39, 0.29) is 19.6 Å². The van der Waals surface area contributed by atoms with Crippen molar-refractivity contribution in [2.45, 2.75) is 57.5 Å². The number of aromatic nitrogens is 2. The number of hydrogen-bond acceptors (Lipinski definition) is 7. The summed E-state index contributed by atoms with van der Waals surface area (Å²) in [5.74, 6) is -2.87. The molecule has 1 saturated heterocycles. The number of carboxylic acid groups (broad SMARTS) is 1. The smallest absolute Gasteiger partial charge is 0.411 e. The van der Waals surface area contributed by atoms with Crippen LogP contribution in [0.15, 0.2) is 66.3 Å². The fourth-order valence-electron chi connectivity index (χ4n) is 4.53. The second kappa shape index (κ2) is 10.1. The number of esters is 1. The molecule has 0 unspecified atom stereocenters. The van der Waals surface area contributed by atoms with Crippen molar-refractivity contribution in [1.29, 1.82) is 0 Å². The number of likely N-dealkylation sites (tertiary alicyclic amines) is 1. The lowest BCUT2D eigenvalue weighted by molar-refractivity contribution is -0.169. The van der Waals surface area contributed by atoms with E-state index in [0.29, 0.717) is 4.88 Å². The highest BCUT2D eigenvalue weighted by Crippen LogP contribution is 2.50. The van der Waals surface area contributed by atoms with Gasteiger partial charge in [0, 0.05) is 17.3 Å². The number of benzene rings is 1. The van der Waals surface area contributed by atoms with Gasteiger partial charge in [0.25, 0.3) is 0 Å². The van der Waals surface area contributed by atoms with E-state index in [1.165, 1.54) is 20.9 Å². The largest absolute Gasteiger partial charge is 0.481 e. The molecule has 2 aromatic heterocycles. The SMILES string of the molecule is CC(C)(C)OC(=O)[C@@]1(Cn2cccn2)C[C@@H](C(=O)O)[C@@H](c2cccs2)N1C(=O)OCc1ccccc1. The Labute approximate surface area is 213 Å². The first-order valence-electron chi connectivity index (χ1n) is 11.6. The molecule has 0 bridgehead atoms. The van der Waals surface area contributed by atoms with Crippen LogP contribution in [0.2, 0.25) is 0 Å². The molecule has 9 nitrogen and oxygen atoms in total. The maximum Gasteiger partial charge on any atom is 0.411 e. The van der Waals surface area contributed by atoms with Gasteiger partial charge in [0.15, 0.2) is 5.54 Å². The number of ether oxygens (including phenoxy) is 2. The number of carbonyl (C=O) groups excluding carboxylic acids is 2. The van der Waals surface area contributed by atoms with Gasteiger partial charge >= 0.3 is 18.0 Å². The monoisotopic (exact) mass is 511 g/mol. The second-order valence-electron chi connectivity index (χ2n) is 9.76. The minimum absolute atomic E-state index is 0.0305. The van der Waals surface area contributed by atoms with E-state index in [1.807, 2.05) is 35.7 Å². The van der Waals surface area contributed by atoms with Crippen LogP contribution in [0.1, 0.15) is 43.7 Å². The van der Waals surface area contributed by atoms with Gasteiger partial charge in [-0.15, -0.1) is 11.3 Å². The number of thiophene rings is 1. The molecule has 1 N–H and O–H groups in total. The third-order valence-electron chi connectivity index (χ3n) is 5.99. The van der Waals surface area contributed by atoms with Crippen molar-refractivity contribution in [2.24, 2.45) is 5.92 Å². The van der Waals surface area contributed by atoms with Crippen molar-refractivity contribution < 1.29 is 29.0 Å². The molecular formula is C26H29N3O6S. The Morgan fingerprint density at radius 1 is 1.14 bits per heavy atom. The van der Waals surface area contributed by atoms with Gasteiger partial charge in [-0.25, -0.2) is 9.59 Å². The Kier molecular flexibility index (Phi) is 7.16. The molecule has 1 fully saturated rings. The first kappa shape index (κ1) is 25.4. The maximum absolute atomic E-state index is 13.9. The van der Waals surface area contributed by atoms with E-state index in [0.717, 1.165) is 5.56 Å². The second-order valence-corrected chi connectivity index (χ2v) is 10.7. The van der Waals surface area contributed by atoms with Crippen LogP contribution in [0.4, 0.5) is 4.79 Å². The molecule has 0 radical (unpaired) electrons. The lowest BCUT2D eigenvalue weighted by Crippen LogP contribution is -2.58. The van der Waals surface area contributed by atoms with Gasteiger partial charge in [0.2, 0.25) is 0 Å². The van der Waals surface area contributed by atoms with Crippen LogP contribution in [0.3, 0.4) is 0 Å². The number of carbonyl (C=O) groups is 3. The Morgan fingerprint density at radius 3 is 2.47 bits per heavy atom. The number of hydrogen-bond donors (Lipinski definition) is 1. The van der Waals surface area contributed by atoms with E-state index in [4.69, 9.17) is 9.47 Å². The minimum Gasteiger partial charge on any atom is -0.481 e. The first-order chi connectivity index (χ1) is 17.1. The molecule has 190 valence electrons. The predicted octanol–water partition coefficient (Wildman–Crippen LogP) is 4.51. The van der Waals surface area contributed by atoms with E-state index in [1.54, 1.807) is 51.4 Å². The van der Waals surface area contributed by atoms with Crippen molar-refractivity contribution >= 4 is 29.4 Å². The molecule has 4 rings (SSSR count). The molecule has 10 heteroatoms. The van der Waals surface area contributed by atoms with Crippen molar-refractivity contribution in [3.05, 3.63) is 76.7 Å². The lowest BCUT2D eigenvalue weighted by Gasteiger charge is -2.39. The quantitative estimate of drug-likeness (QED) is 0.465. The fourth-order valence-corrected chi connectivity index (χ4v) is 5.41. The number of amides is 1. The van der Waals surface area contributed by atoms with Crippen LogP contribution in [0, 0.1) is 5.92 Å². The van der Waals surface area contributed by atoms with Gasteiger partial charge in [-0.1, -0.05) is 36.4 Å². The zero-order valence-electron chi connectivity index (χ0n) is 20.4. The van der Waals surface area contributed by atoms with E-state index >= 15 is 0 Å². The summed E-state index contributed by atoms with van der Waals surface area (Å²) in [6.45, 7) is 5.07. The van der Waals surface area contributed by atoms with Gasteiger partial charge in [0.1, 0.15) is 12.2 Å². The van der Waals surface area contributed by atoms with Crippen molar-refractivity contribution in [1.82, 2.24) is 14.7 Å². The van der Waals surface area contributed by atoms with Crippen molar-refractivity contribution in [3.63, 3.8) is 0 Å². The van der Waals surface area contributed by atoms with Crippen molar-refractivity contribution in [2.75, 3.05) is 0 Å². The summed E-state index contributed by atoms with van der Waals surface area (Å²) in [7, 11) is 0. The fraction of sp³-hybridized carbons (Fsp3) is 0.385. The van der Waals surface area contributed by atoms with Crippen LogP contribution in [-0.2, 0) is 32.2 Å². The summed E-state index contributed by atoms with van der Waals surface area (Å²) in [6.07, 6.45) is 2.27. The summed E-state index contributed by atoms with van der Waals surface area (Å²) in [5, 5.41) is 16.3. The van der Waals surface area contributed by atoms with Crippen LogP contribution in [-0.4, -0.2) is 49.0 Å². The number of aliphatic carboxylic acids is 1. The normalized spacial score (nSPS) is 21.8. The number of rotatable bonds is 7. The molecular weight excluding hydrogens is 482 g/mol. The Bertz CT molecular complexity index is 1190. The van der Waals surface area contributed by atoms with Crippen LogP contribution in [0.25, 0.3) is 0 Å². The van der Waals surface area contributed by atoms with E-state index in [2.05, 4.69) is 5.10 Å². The van der Waals surface area contributed by atoms with Crippen LogP contribution in [0.5, 0.6) is 0 Å². The average Bonchev–Trinajstić information content (AvgIpc) is 3.58.